The average Bonchev–Trinajstić information content (AvgIpc) is 2.87. The molecule has 0 saturated heterocycles. The van der Waals surface area contributed by atoms with E-state index in [1.54, 1.807) is 36.4 Å². The van der Waals surface area contributed by atoms with Crippen LogP contribution in [0.25, 0.3) is 0 Å². The third kappa shape index (κ3) is 6.31. The van der Waals surface area contributed by atoms with Crippen LogP contribution in [0.2, 0.25) is 0 Å². The summed E-state index contributed by atoms with van der Waals surface area (Å²) in [6, 6.07) is 32.5. The molecule has 4 aromatic rings. The molecular formula is C28H22O5. The molecule has 0 aliphatic carbocycles. The molecule has 0 radical (unpaired) electrons. The SMILES string of the molecule is O=C(COc1ccc(C(=O)c2ccccc2)cc1)OCc1cccc(Oc2ccccc2)c1. The van der Waals surface area contributed by atoms with E-state index in [-0.39, 0.29) is 19.0 Å². The van der Waals surface area contributed by atoms with Crippen LogP contribution >= 0.6 is 0 Å². The number of ether oxygens (including phenoxy) is 3. The zero-order valence-electron chi connectivity index (χ0n) is 17.8. The molecule has 5 heteroatoms. The van der Waals surface area contributed by atoms with Crippen molar-refractivity contribution in [1.29, 1.82) is 0 Å². The summed E-state index contributed by atoms with van der Waals surface area (Å²) < 4.78 is 16.6. The van der Waals surface area contributed by atoms with Crippen LogP contribution in [0.15, 0.2) is 109 Å². The maximum Gasteiger partial charge on any atom is 0.344 e. The summed E-state index contributed by atoms with van der Waals surface area (Å²) >= 11 is 0. The molecule has 0 saturated carbocycles. The second kappa shape index (κ2) is 10.8. The Balaban J connectivity index is 1.25. The van der Waals surface area contributed by atoms with Crippen LogP contribution in [0.3, 0.4) is 0 Å². The Hall–Kier alpha value is -4.38. The molecule has 0 bridgehead atoms. The van der Waals surface area contributed by atoms with Gasteiger partial charge in [0.05, 0.1) is 0 Å². The number of para-hydroxylation sites is 1. The van der Waals surface area contributed by atoms with E-state index in [9.17, 15) is 9.59 Å². The van der Waals surface area contributed by atoms with Gasteiger partial charge in [0.1, 0.15) is 23.9 Å². The minimum absolute atomic E-state index is 0.0694. The predicted octanol–water partition coefficient (Wildman–Crippen LogP) is 5.83. The fraction of sp³-hybridized carbons (Fsp3) is 0.0714. The number of hydrogen-bond donors (Lipinski definition) is 0. The van der Waals surface area contributed by atoms with Crippen molar-refractivity contribution in [2.24, 2.45) is 0 Å². The highest BCUT2D eigenvalue weighted by Gasteiger charge is 2.10. The number of ketones is 1. The fourth-order valence-electron chi connectivity index (χ4n) is 3.13. The summed E-state index contributed by atoms with van der Waals surface area (Å²) in [5.74, 6) is 1.32. The lowest BCUT2D eigenvalue weighted by atomic mass is 10.0. The molecular weight excluding hydrogens is 416 g/mol. The van der Waals surface area contributed by atoms with Crippen LogP contribution in [0.4, 0.5) is 0 Å². The third-order valence-electron chi connectivity index (χ3n) is 4.79. The number of esters is 1. The highest BCUT2D eigenvalue weighted by atomic mass is 16.6. The maximum atomic E-state index is 12.4. The first kappa shape index (κ1) is 21.8. The topological polar surface area (TPSA) is 61.8 Å². The molecule has 0 atom stereocenters. The minimum Gasteiger partial charge on any atom is -0.482 e. The molecule has 4 aromatic carbocycles. The summed E-state index contributed by atoms with van der Waals surface area (Å²) in [5, 5.41) is 0. The molecule has 0 aliphatic heterocycles. The summed E-state index contributed by atoms with van der Waals surface area (Å²) in [6.45, 7) is -0.120. The van der Waals surface area contributed by atoms with Gasteiger partial charge in [-0.2, -0.15) is 0 Å². The van der Waals surface area contributed by atoms with Gasteiger partial charge in [-0.1, -0.05) is 60.7 Å². The van der Waals surface area contributed by atoms with E-state index in [0.29, 0.717) is 22.6 Å². The van der Waals surface area contributed by atoms with Crippen molar-refractivity contribution in [2.45, 2.75) is 6.61 Å². The molecule has 0 N–H and O–H groups in total. The van der Waals surface area contributed by atoms with Gasteiger partial charge in [-0.05, 0) is 54.1 Å². The van der Waals surface area contributed by atoms with Gasteiger partial charge in [0.15, 0.2) is 12.4 Å². The van der Waals surface area contributed by atoms with Crippen LogP contribution in [0.5, 0.6) is 17.2 Å². The lowest BCUT2D eigenvalue weighted by Gasteiger charge is -2.09. The molecule has 4 rings (SSSR count). The average molecular weight is 438 g/mol. The Morgan fingerprint density at radius 3 is 1.97 bits per heavy atom. The number of rotatable bonds is 9. The third-order valence-corrected chi connectivity index (χ3v) is 4.79. The van der Waals surface area contributed by atoms with Crippen molar-refractivity contribution in [3.05, 3.63) is 126 Å². The number of carbonyl (C=O) groups excluding carboxylic acids is 2. The summed E-state index contributed by atoms with van der Waals surface area (Å²) in [7, 11) is 0. The molecule has 0 heterocycles. The van der Waals surface area contributed by atoms with Crippen molar-refractivity contribution in [1.82, 2.24) is 0 Å². The Bertz CT molecular complexity index is 1200. The lowest BCUT2D eigenvalue weighted by Crippen LogP contribution is -2.14. The quantitative estimate of drug-likeness (QED) is 0.243. The molecule has 33 heavy (non-hydrogen) atoms. The normalized spacial score (nSPS) is 10.3. The molecule has 0 aliphatic rings. The van der Waals surface area contributed by atoms with Crippen LogP contribution in [0, 0.1) is 0 Å². The monoisotopic (exact) mass is 438 g/mol. The standard InChI is InChI=1S/C28H22O5/c29-27(32-19-21-8-7-13-26(18-21)33-25-11-5-2-6-12-25)20-31-24-16-14-23(15-17-24)28(30)22-9-3-1-4-10-22/h1-18H,19-20H2. The molecule has 0 amide bonds. The summed E-state index contributed by atoms with van der Waals surface area (Å²) in [4.78, 5) is 24.5. The van der Waals surface area contributed by atoms with E-state index >= 15 is 0 Å². The van der Waals surface area contributed by atoms with Crippen LogP contribution < -0.4 is 9.47 Å². The van der Waals surface area contributed by atoms with E-state index < -0.39 is 5.97 Å². The first-order valence-electron chi connectivity index (χ1n) is 10.5. The van der Waals surface area contributed by atoms with Gasteiger partial charge in [0, 0.05) is 11.1 Å². The van der Waals surface area contributed by atoms with Gasteiger partial charge >= 0.3 is 5.97 Å². The predicted molar refractivity (Wildman–Crippen MR) is 125 cm³/mol. The highest BCUT2D eigenvalue weighted by molar-refractivity contribution is 6.08. The Morgan fingerprint density at radius 1 is 0.606 bits per heavy atom. The molecule has 164 valence electrons. The Morgan fingerprint density at radius 2 is 1.24 bits per heavy atom. The minimum atomic E-state index is -0.492. The summed E-state index contributed by atoms with van der Waals surface area (Å²) in [6.07, 6.45) is 0. The molecule has 0 spiro atoms. The van der Waals surface area contributed by atoms with Crippen molar-refractivity contribution >= 4 is 11.8 Å². The number of hydrogen-bond acceptors (Lipinski definition) is 5. The van der Waals surface area contributed by atoms with E-state index in [1.807, 2.05) is 72.8 Å². The van der Waals surface area contributed by atoms with Crippen molar-refractivity contribution in [2.75, 3.05) is 6.61 Å². The molecule has 0 aromatic heterocycles. The van der Waals surface area contributed by atoms with Crippen molar-refractivity contribution < 1.29 is 23.8 Å². The Labute approximate surface area is 192 Å². The van der Waals surface area contributed by atoms with E-state index in [1.165, 1.54) is 0 Å². The fourth-order valence-corrected chi connectivity index (χ4v) is 3.13. The van der Waals surface area contributed by atoms with Gasteiger partial charge in [-0.25, -0.2) is 4.79 Å². The van der Waals surface area contributed by atoms with E-state index in [4.69, 9.17) is 14.2 Å². The van der Waals surface area contributed by atoms with E-state index in [0.717, 1.165) is 11.3 Å². The van der Waals surface area contributed by atoms with Gasteiger partial charge < -0.3 is 14.2 Å². The molecule has 0 unspecified atom stereocenters. The second-order valence-corrected chi connectivity index (χ2v) is 7.23. The zero-order valence-corrected chi connectivity index (χ0v) is 17.8. The van der Waals surface area contributed by atoms with Gasteiger partial charge in [0.2, 0.25) is 0 Å². The smallest absolute Gasteiger partial charge is 0.344 e. The van der Waals surface area contributed by atoms with Gasteiger partial charge in [-0.15, -0.1) is 0 Å². The lowest BCUT2D eigenvalue weighted by molar-refractivity contribution is -0.147. The van der Waals surface area contributed by atoms with Gasteiger partial charge in [0.25, 0.3) is 0 Å². The van der Waals surface area contributed by atoms with Gasteiger partial charge in [-0.3, -0.25) is 4.79 Å². The van der Waals surface area contributed by atoms with Crippen LogP contribution in [0.1, 0.15) is 21.5 Å². The second-order valence-electron chi connectivity index (χ2n) is 7.23. The molecule has 0 fully saturated rings. The Kier molecular flexibility index (Phi) is 7.13. The first-order chi connectivity index (χ1) is 16.2. The number of carbonyl (C=O) groups is 2. The highest BCUT2D eigenvalue weighted by Crippen LogP contribution is 2.22. The van der Waals surface area contributed by atoms with Crippen molar-refractivity contribution in [3.8, 4) is 17.2 Å². The van der Waals surface area contributed by atoms with Crippen LogP contribution in [-0.2, 0) is 16.1 Å². The first-order valence-corrected chi connectivity index (χ1v) is 10.5. The van der Waals surface area contributed by atoms with Crippen molar-refractivity contribution in [3.63, 3.8) is 0 Å². The van der Waals surface area contributed by atoms with Crippen LogP contribution in [-0.4, -0.2) is 18.4 Å². The molecule has 5 nitrogen and oxygen atoms in total. The van der Waals surface area contributed by atoms with E-state index in [2.05, 4.69) is 0 Å². The largest absolute Gasteiger partial charge is 0.482 e. The summed E-state index contributed by atoms with van der Waals surface area (Å²) in [5.41, 5.74) is 1.97. The maximum absolute atomic E-state index is 12.4. The zero-order chi connectivity index (χ0) is 22.9. The number of benzene rings is 4.